The number of carbonyl (C=O) groups excluding carboxylic acids is 1. The molecule has 7 heteroatoms. The summed E-state index contributed by atoms with van der Waals surface area (Å²) in [4.78, 5) is 11.8. The van der Waals surface area contributed by atoms with E-state index in [2.05, 4.69) is 15.8 Å². The SMILES string of the molecule is CCOc1ccc(/C=N/NC(=O)CNc2ccc3c(c2)OCO3)cc1. The van der Waals surface area contributed by atoms with Crippen molar-refractivity contribution in [2.45, 2.75) is 6.92 Å². The van der Waals surface area contributed by atoms with Crippen molar-refractivity contribution in [3.8, 4) is 17.2 Å². The lowest BCUT2D eigenvalue weighted by Gasteiger charge is -2.06. The molecule has 2 aromatic rings. The summed E-state index contributed by atoms with van der Waals surface area (Å²) >= 11 is 0. The Labute approximate surface area is 145 Å². The lowest BCUT2D eigenvalue weighted by atomic mass is 10.2. The summed E-state index contributed by atoms with van der Waals surface area (Å²) in [5.41, 5.74) is 4.12. The number of hydrogen-bond acceptors (Lipinski definition) is 6. The lowest BCUT2D eigenvalue weighted by Crippen LogP contribution is -2.25. The minimum Gasteiger partial charge on any atom is -0.494 e. The third kappa shape index (κ3) is 4.63. The van der Waals surface area contributed by atoms with Crippen LogP contribution < -0.4 is 25.0 Å². The molecule has 0 radical (unpaired) electrons. The van der Waals surface area contributed by atoms with E-state index in [9.17, 15) is 4.79 Å². The van der Waals surface area contributed by atoms with Crippen LogP contribution in [0.15, 0.2) is 47.6 Å². The maximum absolute atomic E-state index is 11.8. The third-order valence-electron chi connectivity index (χ3n) is 3.42. The van der Waals surface area contributed by atoms with Crippen molar-refractivity contribution in [1.82, 2.24) is 5.43 Å². The fraction of sp³-hybridized carbons (Fsp3) is 0.222. The van der Waals surface area contributed by atoms with Gasteiger partial charge in [0.1, 0.15) is 5.75 Å². The molecule has 1 amide bonds. The predicted molar refractivity (Wildman–Crippen MR) is 94.4 cm³/mol. The van der Waals surface area contributed by atoms with Crippen LogP contribution in [0, 0.1) is 0 Å². The fourth-order valence-electron chi connectivity index (χ4n) is 2.22. The van der Waals surface area contributed by atoms with Crippen molar-refractivity contribution in [3.05, 3.63) is 48.0 Å². The minimum absolute atomic E-state index is 0.0975. The Morgan fingerprint density at radius 3 is 2.80 bits per heavy atom. The fourth-order valence-corrected chi connectivity index (χ4v) is 2.22. The molecule has 0 unspecified atom stereocenters. The summed E-state index contributed by atoms with van der Waals surface area (Å²) in [6.07, 6.45) is 1.58. The van der Waals surface area contributed by atoms with Gasteiger partial charge in [-0.15, -0.1) is 0 Å². The second kappa shape index (κ2) is 8.05. The van der Waals surface area contributed by atoms with E-state index < -0.39 is 0 Å². The van der Waals surface area contributed by atoms with Gasteiger partial charge in [0.05, 0.1) is 19.4 Å². The highest BCUT2D eigenvalue weighted by Crippen LogP contribution is 2.34. The van der Waals surface area contributed by atoms with Crippen LogP contribution in [0.2, 0.25) is 0 Å². The highest BCUT2D eigenvalue weighted by Gasteiger charge is 2.13. The highest BCUT2D eigenvalue weighted by atomic mass is 16.7. The van der Waals surface area contributed by atoms with Gasteiger partial charge in [0, 0.05) is 11.8 Å². The maximum atomic E-state index is 11.8. The molecule has 2 aromatic carbocycles. The van der Waals surface area contributed by atoms with Gasteiger partial charge in [-0.2, -0.15) is 5.10 Å². The second-order valence-electron chi connectivity index (χ2n) is 5.22. The van der Waals surface area contributed by atoms with E-state index >= 15 is 0 Å². The molecular formula is C18H19N3O4. The third-order valence-corrected chi connectivity index (χ3v) is 3.42. The molecule has 0 aromatic heterocycles. The first-order valence-electron chi connectivity index (χ1n) is 7.93. The van der Waals surface area contributed by atoms with E-state index in [1.54, 1.807) is 18.3 Å². The molecule has 1 aliphatic rings. The average Bonchev–Trinajstić information content (AvgIpc) is 3.09. The van der Waals surface area contributed by atoms with Gasteiger partial charge in [-0.1, -0.05) is 0 Å². The van der Waals surface area contributed by atoms with Crippen LogP contribution in [0.5, 0.6) is 17.2 Å². The Balaban J connectivity index is 1.44. The van der Waals surface area contributed by atoms with Gasteiger partial charge >= 0.3 is 0 Å². The minimum atomic E-state index is -0.250. The molecule has 3 rings (SSSR count). The number of ether oxygens (including phenoxy) is 3. The number of hydrazone groups is 1. The van der Waals surface area contributed by atoms with Gasteiger partial charge in [-0.25, -0.2) is 5.43 Å². The Hall–Kier alpha value is -3.22. The largest absolute Gasteiger partial charge is 0.494 e. The van der Waals surface area contributed by atoms with E-state index in [-0.39, 0.29) is 19.2 Å². The van der Waals surface area contributed by atoms with Crippen LogP contribution in [0.1, 0.15) is 12.5 Å². The van der Waals surface area contributed by atoms with Gasteiger partial charge in [0.25, 0.3) is 5.91 Å². The number of amides is 1. The summed E-state index contributed by atoms with van der Waals surface area (Å²) in [5.74, 6) is 1.92. The zero-order valence-corrected chi connectivity index (χ0v) is 13.8. The van der Waals surface area contributed by atoms with Crippen molar-refractivity contribution in [2.75, 3.05) is 25.3 Å². The molecule has 0 fully saturated rings. The zero-order valence-electron chi connectivity index (χ0n) is 13.8. The van der Waals surface area contributed by atoms with Crippen LogP contribution in [-0.4, -0.2) is 32.1 Å². The van der Waals surface area contributed by atoms with Crippen molar-refractivity contribution in [1.29, 1.82) is 0 Å². The molecule has 1 aliphatic heterocycles. The monoisotopic (exact) mass is 341 g/mol. The van der Waals surface area contributed by atoms with Gasteiger partial charge < -0.3 is 19.5 Å². The van der Waals surface area contributed by atoms with Crippen molar-refractivity contribution >= 4 is 17.8 Å². The molecule has 2 N–H and O–H groups in total. The Bertz CT molecular complexity index is 759. The molecule has 0 saturated carbocycles. The maximum Gasteiger partial charge on any atom is 0.259 e. The molecule has 0 atom stereocenters. The summed E-state index contributed by atoms with van der Waals surface area (Å²) in [7, 11) is 0. The number of nitrogens with zero attached hydrogens (tertiary/aromatic N) is 1. The van der Waals surface area contributed by atoms with Crippen LogP contribution in [-0.2, 0) is 4.79 Å². The van der Waals surface area contributed by atoms with E-state index in [4.69, 9.17) is 14.2 Å². The lowest BCUT2D eigenvalue weighted by molar-refractivity contribution is -0.119. The molecule has 1 heterocycles. The number of benzene rings is 2. The van der Waals surface area contributed by atoms with Gasteiger partial charge in [0.15, 0.2) is 11.5 Å². The second-order valence-corrected chi connectivity index (χ2v) is 5.22. The first kappa shape index (κ1) is 16.6. The number of rotatable bonds is 7. The van der Waals surface area contributed by atoms with Crippen LogP contribution >= 0.6 is 0 Å². The van der Waals surface area contributed by atoms with Crippen LogP contribution in [0.3, 0.4) is 0 Å². The predicted octanol–water partition coefficient (Wildman–Crippen LogP) is 2.38. The number of hydrogen-bond donors (Lipinski definition) is 2. The molecule has 0 aliphatic carbocycles. The topological polar surface area (TPSA) is 81.2 Å². The average molecular weight is 341 g/mol. The van der Waals surface area contributed by atoms with E-state index in [0.717, 1.165) is 17.0 Å². The molecule has 130 valence electrons. The first-order valence-corrected chi connectivity index (χ1v) is 7.93. The Morgan fingerprint density at radius 2 is 2.00 bits per heavy atom. The van der Waals surface area contributed by atoms with E-state index in [1.165, 1.54) is 0 Å². The molecule has 0 bridgehead atoms. The zero-order chi connectivity index (χ0) is 17.5. The standard InChI is InChI=1S/C18H19N3O4/c1-2-23-15-6-3-13(4-7-15)10-20-21-18(22)11-19-14-5-8-16-17(9-14)25-12-24-16/h3-10,19H,2,11-12H2,1H3,(H,21,22)/b20-10+. The molecular weight excluding hydrogens is 322 g/mol. The molecule has 7 nitrogen and oxygen atoms in total. The normalized spacial score (nSPS) is 12.2. The summed E-state index contributed by atoms with van der Waals surface area (Å²) in [5, 5.41) is 6.94. The quantitative estimate of drug-likeness (QED) is 0.597. The molecule has 0 spiro atoms. The molecule has 0 saturated heterocycles. The summed E-state index contributed by atoms with van der Waals surface area (Å²) in [6, 6.07) is 12.9. The van der Waals surface area contributed by atoms with Crippen molar-refractivity contribution in [3.63, 3.8) is 0 Å². The van der Waals surface area contributed by atoms with Gasteiger partial charge in [-0.05, 0) is 48.9 Å². The van der Waals surface area contributed by atoms with Crippen LogP contribution in [0.4, 0.5) is 5.69 Å². The van der Waals surface area contributed by atoms with E-state index in [0.29, 0.717) is 18.1 Å². The number of anilines is 1. The Morgan fingerprint density at radius 1 is 1.20 bits per heavy atom. The van der Waals surface area contributed by atoms with Gasteiger partial charge in [-0.3, -0.25) is 4.79 Å². The number of nitrogens with one attached hydrogen (secondary N) is 2. The Kier molecular flexibility index (Phi) is 5.36. The number of carbonyl (C=O) groups is 1. The first-order chi connectivity index (χ1) is 12.2. The van der Waals surface area contributed by atoms with Crippen molar-refractivity contribution in [2.24, 2.45) is 5.10 Å². The highest BCUT2D eigenvalue weighted by molar-refractivity contribution is 5.84. The van der Waals surface area contributed by atoms with Crippen molar-refractivity contribution < 1.29 is 19.0 Å². The van der Waals surface area contributed by atoms with E-state index in [1.807, 2.05) is 37.3 Å². The van der Waals surface area contributed by atoms with Gasteiger partial charge in [0.2, 0.25) is 6.79 Å². The number of fused-ring (bicyclic) bond motifs is 1. The summed E-state index contributed by atoms with van der Waals surface area (Å²) in [6.45, 7) is 2.88. The van der Waals surface area contributed by atoms with Crippen LogP contribution in [0.25, 0.3) is 0 Å². The summed E-state index contributed by atoms with van der Waals surface area (Å²) < 4.78 is 15.9. The smallest absolute Gasteiger partial charge is 0.259 e. The molecule has 25 heavy (non-hydrogen) atoms.